The lowest BCUT2D eigenvalue weighted by Crippen LogP contribution is -2.25. The third-order valence-electron chi connectivity index (χ3n) is 3.72. The molecular weight excluding hydrogens is 217 g/mol. The summed E-state index contributed by atoms with van der Waals surface area (Å²) >= 11 is 0. The molecule has 1 aliphatic carbocycles. The minimum Gasteiger partial charge on any atom is -0.496 e. The fourth-order valence-corrected chi connectivity index (χ4v) is 2.75. The second-order valence-electron chi connectivity index (χ2n) is 4.78. The number of hydrogen-bond acceptors (Lipinski definition) is 2. The molecule has 0 radical (unpaired) electrons. The minimum absolute atomic E-state index is 0.244. The summed E-state index contributed by atoms with van der Waals surface area (Å²) in [4.78, 5) is 0. The first-order chi connectivity index (χ1) is 8.24. The molecule has 0 saturated heterocycles. The number of halogens is 1. The van der Waals surface area contributed by atoms with E-state index in [0.29, 0.717) is 17.2 Å². The predicted molar refractivity (Wildman–Crippen MR) is 66.5 cm³/mol. The number of hydrogen-bond donors (Lipinski definition) is 1. The van der Waals surface area contributed by atoms with Gasteiger partial charge in [0.2, 0.25) is 0 Å². The van der Waals surface area contributed by atoms with Crippen molar-refractivity contribution in [2.24, 2.45) is 11.7 Å². The molecule has 0 spiro atoms. The van der Waals surface area contributed by atoms with Crippen LogP contribution in [0.5, 0.6) is 5.75 Å². The molecular formula is C14H20FNO. The second-order valence-corrected chi connectivity index (χ2v) is 4.78. The number of rotatable bonds is 3. The van der Waals surface area contributed by atoms with Crippen LogP contribution in [0.25, 0.3) is 0 Å². The molecule has 2 nitrogen and oxygen atoms in total. The van der Waals surface area contributed by atoms with Crippen LogP contribution in [0.3, 0.4) is 0 Å². The molecule has 1 aromatic carbocycles. The van der Waals surface area contributed by atoms with Crippen LogP contribution < -0.4 is 10.5 Å². The van der Waals surface area contributed by atoms with Crippen LogP contribution in [0.2, 0.25) is 0 Å². The quantitative estimate of drug-likeness (QED) is 0.874. The van der Waals surface area contributed by atoms with Crippen molar-refractivity contribution in [3.05, 3.63) is 29.6 Å². The highest BCUT2D eigenvalue weighted by Crippen LogP contribution is 2.37. The number of methoxy groups -OCH3 is 1. The van der Waals surface area contributed by atoms with E-state index in [4.69, 9.17) is 10.5 Å². The molecule has 1 aromatic rings. The first-order valence-electron chi connectivity index (χ1n) is 6.32. The summed E-state index contributed by atoms with van der Waals surface area (Å²) in [6.07, 6.45) is 5.87. The Hall–Kier alpha value is -1.09. The maximum Gasteiger partial charge on any atom is 0.131 e. The highest BCUT2D eigenvalue weighted by molar-refractivity contribution is 5.37. The van der Waals surface area contributed by atoms with Crippen molar-refractivity contribution in [1.29, 1.82) is 0 Å². The zero-order chi connectivity index (χ0) is 12.3. The molecule has 94 valence electrons. The summed E-state index contributed by atoms with van der Waals surface area (Å²) in [5.74, 6) is 0.708. The van der Waals surface area contributed by atoms with Crippen LogP contribution >= 0.6 is 0 Å². The smallest absolute Gasteiger partial charge is 0.131 e. The highest BCUT2D eigenvalue weighted by Gasteiger charge is 2.26. The van der Waals surface area contributed by atoms with E-state index in [1.54, 1.807) is 19.2 Å². The van der Waals surface area contributed by atoms with Crippen molar-refractivity contribution in [3.8, 4) is 5.75 Å². The SMILES string of the molecule is COc1cccc(F)c1[C@@H](N)C1CCCCC1. The molecule has 17 heavy (non-hydrogen) atoms. The maximum atomic E-state index is 13.9. The van der Waals surface area contributed by atoms with Crippen LogP contribution in [-0.2, 0) is 0 Å². The van der Waals surface area contributed by atoms with Gasteiger partial charge in [-0.1, -0.05) is 25.3 Å². The molecule has 0 aliphatic heterocycles. The van der Waals surface area contributed by atoms with E-state index in [1.165, 1.54) is 25.3 Å². The zero-order valence-electron chi connectivity index (χ0n) is 10.3. The Bertz CT molecular complexity index is 374. The van der Waals surface area contributed by atoms with Crippen molar-refractivity contribution >= 4 is 0 Å². The fourth-order valence-electron chi connectivity index (χ4n) is 2.75. The van der Waals surface area contributed by atoms with Gasteiger partial charge in [-0.15, -0.1) is 0 Å². The first kappa shape index (κ1) is 12.4. The van der Waals surface area contributed by atoms with Gasteiger partial charge in [0.1, 0.15) is 11.6 Å². The lowest BCUT2D eigenvalue weighted by molar-refractivity contribution is 0.295. The zero-order valence-corrected chi connectivity index (χ0v) is 10.3. The van der Waals surface area contributed by atoms with Gasteiger partial charge in [0.15, 0.2) is 0 Å². The summed E-state index contributed by atoms with van der Waals surface area (Å²) < 4.78 is 19.1. The maximum absolute atomic E-state index is 13.9. The van der Waals surface area contributed by atoms with Crippen molar-refractivity contribution in [1.82, 2.24) is 0 Å². The molecule has 1 fully saturated rings. The number of nitrogens with two attached hydrogens (primary N) is 1. The summed E-state index contributed by atoms with van der Waals surface area (Å²) in [5.41, 5.74) is 6.77. The van der Waals surface area contributed by atoms with Crippen LogP contribution in [0, 0.1) is 11.7 Å². The Labute approximate surface area is 102 Å². The van der Waals surface area contributed by atoms with Crippen LogP contribution in [0.4, 0.5) is 4.39 Å². The van der Waals surface area contributed by atoms with Gasteiger partial charge in [0, 0.05) is 11.6 Å². The average Bonchev–Trinajstić information content (AvgIpc) is 2.38. The van der Waals surface area contributed by atoms with E-state index in [9.17, 15) is 4.39 Å². The van der Waals surface area contributed by atoms with Crippen molar-refractivity contribution in [2.75, 3.05) is 7.11 Å². The largest absolute Gasteiger partial charge is 0.496 e. The molecule has 0 heterocycles. The monoisotopic (exact) mass is 237 g/mol. The fraction of sp³-hybridized carbons (Fsp3) is 0.571. The Balaban J connectivity index is 2.25. The number of ether oxygens (including phenoxy) is 1. The summed E-state index contributed by atoms with van der Waals surface area (Å²) in [7, 11) is 1.56. The minimum atomic E-state index is -0.248. The Kier molecular flexibility index (Phi) is 4.00. The Morgan fingerprint density at radius 2 is 2.00 bits per heavy atom. The highest BCUT2D eigenvalue weighted by atomic mass is 19.1. The predicted octanol–water partition coefficient (Wildman–Crippen LogP) is 3.41. The molecule has 1 aliphatic rings. The average molecular weight is 237 g/mol. The summed E-state index contributed by atoms with van der Waals surface area (Å²) in [5, 5.41) is 0. The van der Waals surface area contributed by atoms with Gasteiger partial charge >= 0.3 is 0 Å². The third kappa shape index (κ3) is 2.60. The van der Waals surface area contributed by atoms with Crippen molar-refractivity contribution < 1.29 is 9.13 Å². The van der Waals surface area contributed by atoms with Gasteiger partial charge in [-0.2, -0.15) is 0 Å². The molecule has 2 N–H and O–H groups in total. The normalized spacial score (nSPS) is 19.0. The lowest BCUT2D eigenvalue weighted by atomic mass is 9.81. The van der Waals surface area contributed by atoms with Crippen LogP contribution in [0.15, 0.2) is 18.2 Å². The molecule has 0 bridgehead atoms. The van der Waals surface area contributed by atoms with Gasteiger partial charge in [0.05, 0.1) is 7.11 Å². The van der Waals surface area contributed by atoms with Gasteiger partial charge < -0.3 is 10.5 Å². The van der Waals surface area contributed by atoms with E-state index >= 15 is 0 Å². The van der Waals surface area contributed by atoms with E-state index in [-0.39, 0.29) is 11.9 Å². The summed E-state index contributed by atoms with van der Waals surface area (Å²) in [6, 6.07) is 4.65. The molecule has 0 aromatic heterocycles. The van der Waals surface area contributed by atoms with Gasteiger partial charge in [-0.25, -0.2) is 4.39 Å². The molecule has 0 unspecified atom stereocenters. The summed E-state index contributed by atoms with van der Waals surface area (Å²) in [6.45, 7) is 0. The Morgan fingerprint density at radius 1 is 1.29 bits per heavy atom. The lowest BCUT2D eigenvalue weighted by Gasteiger charge is -2.28. The molecule has 0 amide bonds. The second kappa shape index (κ2) is 5.50. The molecule has 1 saturated carbocycles. The van der Waals surface area contributed by atoms with Crippen molar-refractivity contribution in [2.45, 2.75) is 38.1 Å². The first-order valence-corrected chi connectivity index (χ1v) is 6.32. The topological polar surface area (TPSA) is 35.2 Å². The van der Waals surface area contributed by atoms with Crippen molar-refractivity contribution in [3.63, 3.8) is 0 Å². The van der Waals surface area contributed by atoms with E-state index in [2.05, 4.69) is 0 Å². The van der Waals surface area contributed by atoms with E-state index < -0.39 is 0 Å². The van der Waals surface area contributed by atoms with Gasteiger partial charge in [0.25, 0.3) is 0 Å². The van der Waals surface area contributed by atoms with Gasteiger partial charge in [-0.3, -0.25) is 0 Å². The van der Waals surface area contributed by atoms with E-state index in [0.717, 1.165) is 12.8 Å². The van der Waals surface area contributed by atoms with E-state index in [1.807, 2.05) is 0 Å². The third-order valence-corrected chi connectivity index (χ3v) is 3.72. The molecule has 3 heteroatoms. The van der Waals surface area contributed by atoms with Gasteiger partial charge in [-0.05, 0) is 30.9 Å². The van der Waals surface area contributed by atoms with Crippen LogP contribution in [-0.4, -0.2) is 7.11 Å². The standard InChI is InChI=1S/C14H20FNO/c1-17-12-9-5-8-11(15)13(12)14(16)10-6-3-2-4-7-10/h5,8-10,14H,2-4,6-7,16H2,1H3/t14-/m0/s1. The molecule has 2 rings (SSSR count). The van der Waals surface area contributed by atoms with Crippen LogP contribution in [0.1, 0.15) is 43.7 Å². The Morgan fingerprint density at radius 3 is 2.65 bits per heavy atom. The number of benzene rings is 1. The molecule has 1 atom stereocenters.